The molecule has 48 heavy (non-hydrogen) atoms. The van der Waals surface area contributed by atoms with Crippen molar-refractivity contribution < 1.29 is 80.5 Å². The molecule has 0 atom stereocenters. The van der Waals surface area contributed by atoms with E-state index in [2.05, 4.69) is 0 Å². The summed E-state index contributed by atoms with van der Waals surface area (Å²) in [5, 5.41) is -4.48. The van der Waals surface area contributed by atoms with Crippen molar-refractivity contribution in [1.82, 2.24) is 0 Å². The third-order valence-electron chi connectivity index (χ3n) is 6.09. The lowest BCUT2D eigenvalue weighted by molar-refractivity contribution is 0.0926. The summed E-state index contributed by atoms with van der Waals surface area (Å²) >= 11 is 0. The van der Waals surface area contributed by atoms with Crippen LogP contribution in [-0.4, -0.2) is 17.7 Å². The van der Waals surface area contributed by atoms with Crippen LogP contribution in [0.25, 0.3) is 0 Å². The number of carbonyl (C=O) groups is 3. The zero-order chi connectivity index (χ0) is 36.1. The van der Waals surface area contributed by atoms with Crippen LogP contribution in [0, 0.1) is 69.8 Å². The van der Waals surface area contributed by atoms with E-state index in [0.717, 1.165) is 0 Å². The molecule has 0 aliphatic carbocycles. The summed E-state index contributed by atoms with van der Waals surface area (Å²) in [6, 6.07) is -1.24. The third-order valence-corrected chi connectivity index (χ3v) is 6.09. The summed E-state index contributed by atoms with van der Waals surface area (Å²) in [4.78, 5) is 38.4. The van der Waals surface area contributed by atoms with Crippen molar-refractivity contribution in [2.45, 2.75) is 0 Å². The quantitative estimate of drug-likeness (QED) is 0.0886. The van der Waals surface area contributed by atoms with Gasteiger partial charge in [-0.25, -0.2) is 52.7 Å². The lowest BCUT2D eigenvalue weighted by Gasteiger charge is -2.18. The van der Waals surface area contributed by atoms with Crippen molar-refractivity contribution in [2.24, 2.45) is 0 Å². The van der Waals surface area contributed by atoms with Crippen LogP contribution in [0.15, 0.2) is 36.4 Å². The van der Waals surface area contributed by atoms with E-state index in [1.54, 1.807) is 0 Å². The molecule has 0 heterocycles. The molecule has 0 saturated heterocycles. The van der Waals surface area contributed by atoms with Crippen LogP contribution in [0.5, 0.6) is 0 Å². The standard InChI is InChI=1S/C27H6F15N3O3/c28-10-4-13(19(34)22(37)16(10)31)43(40)25(46)7-1-8(26(47)44(41)14-5-11(29)17(32)23(38)20(14)35)3-9(2-7)27(48)45(42)15-6-12(30)18(33)24(39)21(15)36/h1-6H. The van der Waals surface area contributed by atoms with E-state index in [-0.39, 0.29) is 18.2 Å². The lowest BCUT2D eigenvalue weighted by Crippen LogP contribution is -2.29. The average Bonchev–Trinajstić information content (AvgIpc) is 3.07. The minimum Gasteiger partial charge on any atom is -0.266 e. The Morgan fingerprint density at radius 1 is 0.333 bits per heavy atom. The second kappa shape index (κ2) is 12.8. The molecule has 0 aromatic heterocycles. The molecule has 0 fully saturated rings. The highest BCUT2D eigenvalue weighted by Gasteiger charge is 2.33. The number of hydrogen-bond acceptors (Lipinski definition) is 3. The van der Waals surface area contributed by atoms with Crippen molar-refractivity contribution in [3.8, 4) is 0 Å². The molecular formula is C27H6F15N3O3. The van der Waals surface area contributed by atoms with Crippen LogP contribution in [0.1, 0.15) is 31.1 Å². The van der Waals surface area contributed by atoms with Gasteiger partial charge in [0.25, 0.3) is 17.7 Å². The van der Waals surface area contributed by atoms with Crippen molar-refractivity contribution in [2.75, 3.05) is 15.4 Å². The highest BCUT2D eigenvalue weighted by molar-refractivity contribution is 6.13. The topological polar surface area (TPSA) is 60.9 Å². The number of anilines is 3. The number of carbonyl (C=O) groups excluding carboxylic acids is 3. The molecule has 0 aliphatic heterocycles. The fourth-order valence-corrected chi connectivity index (χ4v) is 3.78. The molecule has 4 aromatic carbocycles. The molecule has 6 nitrogen and oxygen atoms in total. The largest absolute Gasteiger partial charge is 0.286 e. The normalized spacial score (nSPS) is 11.1. The number of nitrogens with zero attached hydrogens (tertiary/aromatic N) is 3. The summed E-state index contributed by atoms with van der Waals surface area (Å²) in [6.07, 6.45) is 0. The minimum absolute atomic E-state index is 0.00325. The maximum Gasteiger partial charge on any atom is 0.286 e. The maximum atomic E-state index is 15.0. The van der Waals surface area contributed by atoms with Gasteiger partial charge < -0.3 is 0 Å². The Labute approximate surface area is 254 Å². The summed E-state index contributed by atoms with van der Waals surface area (Å²) in [6.45, 7) is 0. The summed E-state index contributed by atoms with van der Waals surface area (Å²) in [5.41, 5.74) is -10.7. The lowest BCUT2D eigenvalue weighted by atomic mass is 10.0. The van der Waals surface area contributed by atoms with Crippen LogP contribution in [0.3, 0.4) is 0 Å². The van der Waals surface area contributed by atoms with E-state index in [9.17, 15) is 80.5 Å². The van der Waals surface area contributed by atoms with Gasteiger partial charge in [-0.3, -0.25) is 14.4 Å². The van der Waals surface area contributed by atoms with Crippen LogP contribution in [-0.2, 0) is 0 Å². The molecule has 3 amide bonds. The first kappa shape index (κ1) is 35.1. The van der Waals surface area contributed by atoms with Gasteiger partial charge in [0.1, 0.15) is 17.1 Å². The zero-order valence-electron chi connectivity index (χ0n) is 22.2. The summed E-state index contributed by atoms with van der Waals surface area (Å²) in [7, 11) is 0. The van der Waals surface area contributed by atoms with Crippen LogP contribution < -0.4 is 15.4 Å². The molecule has 0 aliphatic rings. The smallest absolute Gasteiger partial charge is 0.266 e. The van der Waals surface area contributed by atoms with Crippen LogP contribution in [0.2, 0.25) is 0 Å². The van der Waals surface area contributed by atoms with Gasteiger partial charge in [-0.15, -0.1) is 15.4 Å². The number of hydrogen-bond donors (Lipinski definition) is 0. The highest BCUT2D eigenvalue weighted by atomic mass is 19.2. The molecule has 0 radical (unpaired) electrons. The van der Waals surface area contributed by atoms with E-state index < -0.39 is 155 Å². The minimum atomic E-state index is -2.66. The fourth-order valence-electron chi connectivity index (χ4n) is 3.78. The number of benzene rings is 4. The Hall–Kier alpha value is -5.76. The number of amides is 3. The second-order valence-corrected chi connectivity index (χ2v) is 9.02. The first-order valence-electron chi connectivity index (χ1n) is 11.9. The molecular weight excluding hydrogens is 699 g/mol. The van der Waals surface area contributed by atoms with E-state index in [1.807, 2.05) is 0 Å². The van der Waals surface area contributed by atoms with Gasteiger partial charge in [-0.05, 0) is 18.2 Å². The van der Waals surface area contributed by atoms with E-state index >= 15 is 0 Å². The zero-order valence-corrected chi connectivity index (χ0v) is 22.2. The Bertz CT molecular complexity index is 1800. The van der Waals surface area contributed by atoms with Gasteiger partial charge in [0.05, 0.1) is 0 Å². The summed E-state index contributed by atoms with van der Waals surface area (Å²) < 4.78 is 209. The SMILES string of the molecule is O=C(c1cc(C(=O)N(F)c2cc(F)c(F)c(F)c2F)cc(C(=O)N(F)c2cc(F)c(F)c(F)c2F)c1)N(F)c1cc(F)c(F)c(F)c1F. The van der Waals surface area contributed by atoms with Crippen molar-refractivity contribution in [3.63, 3.8) is 0 Å². The molecule has 4 aromatic rings. The van der Waals surface area contributed by atoms with Gasteiger partial charge >= 0.3 is 0 Å². The van der Waals surface area contributed by atoms with Crippen molar-refractivity contribution >= 4 is 34.8 Å². The summed E-state index contributed by atoms with van der Waals surface area (Å²) in [5.74, 6) is -37.1. The Morgan fingerprint density at radius 2 is 0.542 bits per heavy atom. The second-order valence-electron chi connectivity index (χ2n) is 9.02. The van der Waals surface area contributed by atoms with Crippen molar-refractivity contribution in [1.29, 1.82) is 0 Å². The van der Waals surface area contributed by atoms with Crippen LogP contribution in [0.4, 0.5) is 83.2 Å². The van der Waals surface area contributed by atoms with Crippen LogP contribution >= 0.6 is 0 Å². The number of halogens is 15. The predicted octanol–water partition coefficient (Wildman–Crippen LogP) is 7.95. The maximum absolute atomic E-state index is 15.0. The molecule has 0 bridgehead atoms. The molecule has 4 rings (SSSR count). The molecule has 21 heteroatoms. The first-order valence-corrected chi connectivity index (χ1v) is 11.9. The van der Waals surface area contributed by atoms with E-state index in [0.29, 0.717) is 0 Å². The van der Waals surface area contributed by atoms with Gasteiger partial charge in [0.15, 0.2) is 69.8 Å². The molecule has 0 unspecified atom stereocenters. The first-order chi connectivity index (χ1) is 22.3. The van der Waals surface area contributed by atoms with Gasteiger partial charge in [-0.2, -0.15) is 0 Å². The molecule has 252 valence electrons. The predicted molar refractivity (Wildman–Crippen MR) is 129 cm³/mol. The Morgan fingerprint density at radius 3 is 0.750 bits per heavy atom. The Kier molecular flexibility index (Phi) is 9.36. The van der Waals surface area contributed by atoms with E-state index in [1.165, 1.54) is 0 Å². The van der Waals surface area contributed by atoms with E-state index in [4.69, 9.17) is 0 Å². The highest BCUT2D eigenvalue weighted by Crippen LogP contribution is 2.32. The molecule has 0 N–H and O–H groups in total. The average molecular weight is 705 g/mol. The monoisotopic (exact) mass is 705 g/mol. The third kappa shape index (κ3) is 5.93. The number of rotatable bonds is 6. The van der Waals surface area contributed by atoms with Gasteiger partial charge in [-0.1, -0.05) is 13.4 Å². The van der Waals surface area contributed by atoms with Crippen molar-refractivity contribution in [3.05, 3.63) is 123 Å². The molecule has 0 saturated carbocycles. The molecule has 0 spiro atoms. The van der Waals surface area contributed by atoms with Gasteiger partial charge in [0, 0.05) is 34.9 Å². The fraction of sp³-hybridized carbons (Fsp3) is 0. The Balaban J connectivity index is 1.89. The van der Waals surface area contributed by atoms with Gasteiger partial charge in [0.2, 0.25) is 0 Å².